The smallest absolute Gasteiger partial charge is 0.166 e. The summed E-state index contributed by atoms with van der Waals surface area (Å²) in [5.41, 5.74) is 2.45. The van der Waals surface area contributed by atoms with Gasteiger partial charge in [0, 0.05) is 42.0 Å². The van der Waals surface area contributed by atoms with E-state index in [-0.39, 0.29) is 5.56 Å². The maximum atomic E-state index is 14.4. The van der Waals surface area contributed by atoms with Crippen LogP contribution in [-0.2, 0) is 0 Å². The number of piperidine rings is 1. The van der Waals surface area contributed by atoms with Crippen molar-refractivity contribution in [3.05, 3.63) is 72.6 Å². The Labute approximate surface area is 173 Å². The molecule has 1 aliphatic heterocycles. The van der Waals surface area contributed by atoms with Gasteiger partial charge in [0.05, 0.1) is 5.52 Å². The van der Waals surface area contributed by atoms with Crippen LogP contribution in [0.4, 0.5) is 14.6 Å². The molecule has 0 saturated carbocycles. The Hall–Kier alpha value is -3.41. The second-order valence-electron chi connectivity index (χ2n) is 7.49. The van der Waals surface area contributed by atoms with E-state index in [2.05, 4.69) is 9.88 Å². The minimum Gasteiger partial charge on any atom is -0.356 e. The summed E-state index contributed by atoms with van der Waals surface area (Å²) in [7, 11) is 0. The van der Waals surface area contributed by atoms with Crippen LogP contribution >= 0.6 is 0 Å². The van der Waals surface area contributed by atoms with Crippen molar-refractivity contribution >= 4 is 16.7 Å². The number of hydrogen-bond donors (Lipinski definition) is 0. The lowest BCUT2D eigenvalue weighted by atomic mass is 10.0. The van der Waals surface area contributed by atoms with Gasteiger partial charge in [0.15, 0.2) is 17.5 Å². The van der Waals surface area contributed by atoms with Gasteiger partial charge >= 0.3 is 0 Å². The summed E-state index contributed by atoms with van der Waals surface area (Å²) in [6, 6.07) is 13.5. The van der Waals surface area contributed by atoms with E-state index in [0.29, 0.717) is 11.4 Å². The third-order valence-corrected chi connectivity index (χ3v) is 5.51. The van der Waals surface area contributed by atoms with Gasteiger partial charge in [-0.3, -0.25) is 4.98 Å². The van der Waals surface area contributed by atoms with E-state index in [1.807, 2.05) is 24.3 Å². The zero-order valence-corrected chi connectivity index (χ0v) is 16.4. The molecule has 0 aliphatic carbocycles. The van der Waals surface area contributed by atoms with Gasteiger partial charge in [0.2, 0.25) is 0 Å². The molecule has 0 unspecified atom stereocenters. The van der Waals surface area contributed by atoms with Crippen LogP contribution in [0.3, 0.4) is 0 Å². The molecule has 2 aromatic heterocycles. The van der Waals surface area contributed by atoms with E-state index in [1.165, 1.54) is 12.5 Å². The number of hydrogen-bond acceptors (Lipinski definition) is 4. The van der Waals surface area contributed by atoms with Crippen molar-refractivity contribution in [3.8, 4) is 22.5 Å². The molecule has 0 amide bonds. The summed E-state index contributed by atoms with van der Waals surface area (Å²) < 4.78 is 28.2. The van der Waals surface area contributed by atoms with Gasteiger partial charge in [-0.05, 0) is 55.2 Å². The number of benzene rings is 2. The topological polar surface area (TPSA) is 41.9 Å². The lowest BCUT2D eigenvalue weighted by Gasteiger charge is -2.29. The molecule has 0 N–H and O–H groups in total. The number of anilines is 1. The Kier molecular flexibility index (Phi) is 4.83. The molecule has 0 atom stereocenters. The first-order valence-corrected chi connectivity index (χ1v) is 10.1. The summed E-state index contributed by atoms with van der Waals surface area (Å²) in [4.78, 5) is 16.1. The minimum absolute atomic E-state index is 0.234. The Morgan fingerprint density at radius 2 is 1.70 bits per heavy atom. The molecule has 4 aromatic rings. The van der Waals surface area contributed by atoms with Gasteiger partial charge in [0.1, 0.15) is 5.82 Å². The van der Waals surface area contributed by atoms with Crippen molar-refractivity contribution in [2.24, 2.45) is 0 Å². The number of halogens is 2. The van der Waals surface area contributed by atoms with E-state index in [0.717, 1.165) is 54.3 Å². The molecule has 5 rings (SSSR count). The number of fused-ring (bicyclic) bond motifs is 1. The van der Waals surface area contributed by atoms with E-state index in [4.69, 9.17) is 9.97 Å². The molecular weight excluding hydrogens is 382 g/mol. The highest BCUT2D eigenvalue weighted by Crippen LogP contribution is 2.33. The molecule has 2 aromatic carbocycles. The van der Waals surface area contributed by atoms with E-state index in [1.54, 1.807) is 24.5 Å². The third kappa shape index (κ3) is 3.38. The SMILES string of the molecule is Fc1cccc(-c2ccc3nc(-c4cccnc4)nc(N4CCCCC4)c3c2)c1F. The van der Waals surface area contributed by atoms with E-state index >= 15 is 0 Å². The van der Waals surface area contributed by atoms with Crippen LogP contribution < -0.4 is 4.90 Å². The molecule has 0 radical (unpaired) electrons. The molecule has 30 heavy (non-hydrogen) atoms. The average molecular weight is 402 g/mol. The molecule has 4 nitrogen and oxygen atoms in total. The number of nitrogens with zero attached hydrogens (tertiary/aromatic N) is 4. The van der Waals surface area contributed by atoms with E-state index < -0.39 is 11.6 Å². The highest BCUT2D eigenvalue weighted by molar-refractivity contribution is 5.94. The Balaban J connectivity index is 1.71. The fraction of sp³-hybridized carbons (Fsp3) is 0.208. The second-order valence-corrected chi connectivity index (χ2v) is 7.49. The summed E-state index contributed by atoms with van der Waals surface area (Å²) in [6.07, 6.45) is 6.88. The van der Waals surface area contributed by atoms with Gasteiger partial charge in [-0.1, -0.05) is 18.2 Å². The van der Waals surface area contributed by atoms with Crippen LogP contribution in [0.2, 0.25) is 0 Å². The van der Waals surface area contributed by atoms with Gasteiger partial charge in [0.25, 0.3) is 0 Å². The molecule has 1 aliphatic rings. The normalized spacial score (nSPS) is 14.3. The first kappa shape index (κ1) is 18.6. The molecule has 150 valence electrons. The maximum absolute atomic E-state index is 14.4. The molecule has 0 bridgehead atoms. The van der Waals surface area contributed by atoms with Crippen LogP contribution in [-0.4, -0.2) is 28.0 Å². The van der Waals surface area contributed by atoms with Crippen molar-refractivity contribution < 1.29 is 8.78 Å². The summed E-state index contributed by atoms with van der Waals surface area (Å²) in [6.45, 7) is 1.83. The van der Waals surface area contributed by atoms with Gasteiger partial charge in [-0.2, -0.15) is 0 Å². The second kappa shape index (κ2) is 7.78. The third-order valence-electron chi connectivity index (χ3n) is 5.51. The molecule has 0 spiro atoms. The average Bonchev–Trinajstić information content (AvgIpc) is 2.81. The molecular formula is C24H20F2N4. The predicted molar refractivity (Wildman–Crippen MR) is 114 cm³/mol. The zero-order valence-electron chi connectivity index (χ0n) is 16.4. The molecule has 1 saturated heterocycles. The van der Waals surface area contributed by atoms with Crippen LogP contribution in [0.25, 0.3) is 33.4 Å². The number of pyridine rings is 1. The lowest BCUT2D eigenvalue weighted by Crippen LogP contribution is -2.30. The largest absolute Gasteiger partial charge is 0.356 e. The van der Waals surface area contributed by atoms with Crippen LogP contribution in [0.1, 0.15) is 19.3 Å². The van der Waals surface area contributed by atoms with Gasteiger partial charge < -0.3 is 4.90 Å². The summed E-state index contributed by atoms with van der Waals surface area (Å²) in [5.74, 6) is -0.255. The summed E-state index contributed by atoms with van der Waals surface area (Å²) >= 11 is 0. The van der Waals surface area contributed by atoms with Crippen LogP contribution in [0.5, 0.6) is 0 Å². The fourth-order valence-electron chi connectivity index (χ4n) is 3.98. The number of aromatic nitrogens is 3. The van der Waals surface area contributed by atoms with E-state index in [9.17, 15) is 8.78 Å². The van der Waals surface area contributed by atoms with Crippen molar-refractivity contribution in [1.82, 2.24) is 15.0 Å². The maximum Gasteiger partial charge on any atom is 0.166 e. The first-order chi connectivity index (χ1) is 14.7. The Morgan fingerprint density at radius 3 is 2.50 bits per heavy atom. The first-order valence-electron chi connectivity index (χ1n) is 10.1. The Bertz CT molecular complexity index is 1200. The number of rotatable bonds is 3. The van der Waals surface area contributed by atoms with Crippen molar-refractivity contribution in [2.75, 3.05) is 18.0 Å². The predicted octanol–water partition coefficient (Wildman–Crippen LogP) is 5.63. The quantitative estimate of drug-likeness (QED) is 0.446. The zero-order chi connectivity index (χ0) is 20.5. The fourth-order valence-corrected chi connectivity index (χ4v) is 3.98. The van der Waals surface area contributed by atoms with Crippen LogP contribution in [0, 0.1) is 11.6 Å². The monoisotopic (exact) mass is 402 g/mol. The molecule has 6 heteroatoms. The highest BCUT2D eigenvalue weighted by Gasteiger charge is 2.19. The standard InChI is InChI=1S/C24H20F2N4/c25-20-8-4-7-18(22(20)26)16-9-10-21-19(14-16)24(30-12-2-1-3-13-30)29-23(28-21)17-6-5-11-27-15-17/h4-11,14-15H,1-3,12-13H2. The highest BCUT2D eigenvalue weighted by atomic mass is 19.2. The van der Waals surface area contributed by atoms with Crippen molar-refractivity contribution in [2.45, 2.75) is 19.3 Å². The van der Waals surface area contributed by atoms with Gasteiger partial charge in [-0.15, -0.1) is 0 Å². The summed E-state index contributed by atoms with van der Waals surface area (Å²) in [5, 5.41) is 0.839. The van der Waals surface area contributed by atoms with Crippen LogP contribution in [0.15, 0.2) is 60.9 Å². The van der Waals surface area contributed by atoms with Crippen molar-refractivity contribution in [3.63, 3.8) is 0 Å². The molecule has 3 heterocycles. The lowest BCUT2D eigenvalue weighted by molar-refractivity contribution is 0.511. The van der Waals surface area contributed by atoms with Crippen molar-refractivity contribution in [1.29, 1.82) is 0 Å². The Morgan fingerprint density at radius 1 is 0.833 bits per heavy atom. The minimum atomic E-state index is -0.855. The van der Waals surface area contributed by atoms with Gasteiger partial charge in [-0.25, -0.2) is 18.7 Å². The molecule has 1 fully saturated rings.